The fourth-order valence-corrected chi connectivity index (χ4v) is 1.89. The Labute approximate surface area is 114 Å². The van der Waals surface area contributed by atoms with Gasteiger partial charge in [0.2, 0.25) is 0 Å². The zero-order valence-electron chi connectivity index (χ0n) is 11.7. The van der Waals surface area contributed by atoms with Crippen LogP contribution in [0, 0.1) is 6.92 Å². The molecule has 0 unspecified atom stereocenters. The minimum Gasteiger partial charge on any atom is -0.494 e. The summed E-state index contributed by atoms with van der Waals surface area (Å²) in [7, 11) is 1.65. The van der Waals surface area contributed by atoms with E-state index < -0.39 is 0 Å². The Morgan fingerprint density at radius 1 is 1.05 bits per heavy atom. The van der Waals surface area contributed by atoms with Gasteiger partial charge in [-0.2, -0.15) is 0 Å². The normalized spacial score (nSPS) is 10.3. The molecule has 1 aromatic carbocycles. The van der Waals surface area contributed by atoms with Crippen molar-refractivity contribution in [2.45, 2.75) is 19.8 Å². The van der Waals surface area contributed by atoms with Crippen LogP contribution >= 0.6 is 0 Å². The van der Waals surface area contributed by atoms with Crippen molar-refractivity contribution in [2.75, 3.05) is 44.0 Å². The Morgan fingerprint density at radius 2 is 1.68 bits per heavy atom. The van der Waals surface area contributed by atoms with Gasteiger partial charge < -0.3 is 25.6 Å². The van der Waals surface area contributed by atoms with Gasteiger partial charge in [0, 0.05) is 32.0 Å². The molecule has 0 fully saturated rings. The number of methoxy groups -OCH3 is 1. The molecule has 0 spiro atoms. The molecule has 0 aliphatic heterocycles. The quantitative estimate of drug-likeness (QED) is 0.512. The highest BCUT2D eigenvalue weighted by molar-refractivity contribution is 5.68. The molecule has 0 aliphatic rings. The van der Waals surface area contributed by atoms with E-state index in [0.29, 0.717) is 13.0 Å². The number of anilines is 2. The van der Waals surface area contributed by atoms with Crippen LogP contribution in [0.15, 0.2) is 12.1 Å². The van der Waals surface area contributed by atoms with Crippen molar-refractivity contribution in [2.24, 2.45) is 0 Å². The topological polar surface area (TPSA) is 73.8 Å². The van der Waals surface area contributed by atoms with E-state index in [4.69, 9.17) is 14.9 Å². The van der Waals surface area contributed by atoms with E-state index in [0.717, 1.165) is 35.7 Å². The third kappa shape index (κ3) is 4.96. The molecule has 0 atom stereocenters. The van der Waals surface area contributed by atoms with Gasteiger partial charge in [-0.15, -0.1) is 0 Å². The van der Waals surface area contributed by atoms with Gasteiger partial charge in [0.05, 0.1) is 12.8 Å². The molecule has 0 saturated carbocycles. The van der Waals surface area contributed by atoms with Gasteiger partial charge in [0.25, 0.3) is 0 Å². The lowest BCUT2D eigenvalue weighted by atomic mass is 10.1. The molecular weight excluding hydrogens is 244 g/mol. The number of benzene rings is 1. The summed E-state index contributed by atoms with van der Waals surface area (Å²) in [6, 6.07) is 4.01. The molecule has 0 amide bonds. The molecule has 0 radical (unpaired) electrons. The zero-order valence-corrected chi connectivity index (χ0v) is 11.7. The van der Waals surface area contributed by atoms with Gasteiger partial charge in [-0.3, -0.25) is 0 Å². The summed E-state index contributed by atoms with van der Waals surface area (Å²) in [6.07, 6.45) is 1.42. The largest absolute Gasteiger partial charge is 0.494 e. The molecule has 1 rings (SSSR count). The minimum atomic E-state index is 0.169. The van der Waals surface area contributed by atoms with E-state index in [1.54, 1.807) is 7.11 Å². The third-order valence-corrected chi connectivity index (χ3v) is 2.79. The Morgan fingerprint density at radius 3 is 2.26 bits per heavy atom. The van der Waals surface area contributed by atoms with E-state index in [-0.39, 0.29) is 13.2 Å². The Balaban J connectivity index is 2.78. The van der Waals surface area contributed by atoms with E-state index in [9.17, 15) is 0 Å². The van der Waals surface area contributed by atoms with Crippen molar-refractivity contribution in [1.82, 2.24) is 0 Å². The summed E-state index contributed by atoms with van der Waals surface area (Å²) in [4.78, 5) is 0. The molecule has 19 heavy (non-hydrogen) atoms. The van der Waals surface area contributed by atoms with Gasteiger partial charge >= 0.3 is 0 Å². The average Bonchev–Trinajstić information content (AvgIpc) is 2.39. The van der Waals surface area contributed by atoms with Gasteiger partial charge in [0.15, 0.2) is 0 Å². The van der Waals surface area contributed by atoms with E-state index in [1.165, 1.54) is 0 Å². The number of hydrogen-bond donors (Lipinski definition) is 4. The second-order valence-corrected chi connectivity index (χ2v) is 4.38. The summed E-state index contributed by atoms with van der Waals surface area (Å²) in [6.45, 7) is 3.78. The molecule has 0 bridgehead atoms. The Bertz CT molecular complexity index is 383. The second kappa shape index (κ2) is 8.61. The number of hydrogen-bond acceptors (Lipinski definition) is 5. The Hall–Kier alpha value is -1.46. The first-order valence-electron chi connectivity index (χ1n) is 6.61. The second-order valence-electron chi connectivity index (χ2n) is 4.38. The molecule has 0 aromatic heterocycles. The number of aliphatic hydroxyl groups is 2. The lowest BCUT2D eigenvalue weighted by Crippen LogP contribution is -2.08. The number of aliphatic hydroxyl groups excluding tert-OH is 2. The van der Waals surface area contributed by atoms with Crippen LogP contribution in [0.25, 0.3) is 0 Å². The first-order chi connectivity index (χ1) is 9.22. The maximum absolute atomic E-state index is 8.82. The monoisotopic (exact) mass is 268 g/mol. The van der Waals surface area contributed by atoms with Gasteiger partial charge in [-0.05, 0) is 37.5 Å². The number of nitrogens with one attached hydrogen (secondary N) is 2. The van der Waals surface area contributed by atoms with E-state index in [1.807, 2.05) is 19.1 Å². The first kappa shape index (κ1) is 15.6. The third-order valence-electron chi connectivity index (χ3n) is 2.79. The average molecular weight is 268 g/mol. The highest BCUT2D eigenvalue weighted by Gasteiger charge is 2.08. The summed E-state index contributed by atoms with van der Waals surface area (Å²) < 4.78 is 5.39. The van der Waals surface area contributed by atoms with Crippen molar-refractivity contribution in [3.8, 4) is 5.75 Å². The van der Waals surface area contributed by atoms with Crippen LogP contribution in [0.1, 0.15) is 18.4 Å². The Kier molecular flexibility index (Phi) is 7.07. The van der Waals surface area contributed by atoms with Crippen molar-refractivity contribution in [3.05, 3.63) is 17.7 Å². The van der Waals surface area contributed by atoms with Crippen LogP contribution in [-0.2, 0) is 0 Å². The van der Waals surface area contributed by atoms with E-state index in [2.05, 4.69) is 10.6 Å². The van der Waals surface area contributed by atoms with Crippen LogP contribution in [-0.4, -0.2) is 43.6 Å². The van der Waals surface area contributed by atoms with Crippen molar-refractivity contribution >= 4 is 11.4 Å². The summed E-state index contributed by atoms with van der Waals surface area (Å²) >= 11 is 0. The predicted octanol–water partition coefficient (Wildman–Crippen LogP) is 1.59. The van der Waals surface area contributed by atoms with E-state index >= 15 is 0 Å². The standard InChI is InChI=1S/C14H24N2O3/c1-11-9-12(15-5-3-7-17)10-13(14(11)19-2)16-6-4-8-18/h9-10,15-18H,3-8H2,1-2H3. The van der Waals surface area contributed by atoms with Gasteiger partial charge in [-0.1, -0.05) is 0 Å². The fourth-order valence-electron chi connectivity index (χ4n) is 1.89. The zero-order chi connectivity index (χ0) is 14.1. The van der Waals surface area contributed by atoms with Crippen molar-refractivity contribution in [1.29, 1.82) is 0 Å². The highest BCUT2D eigenvalue weighted by atomic mass is 16.5. The van der Waals surface area contributed by atoms with Crippen LogP contribution in [0.4, 0.5) is 11.4 Å². The smallest absolute Gasteiger partial charge is 0.145 e. The first-order valence-corrected chi connectivity index (χ1v) is 6.61. The van der Waals surface area contributed by atoms with Crippen molar-refractivity contribution < 1.29 is 14.9 Å². The molecule has 108 valence electrons. The van der Waals surface area contributed by atoms with Crippen LogP contribution in [0.2, 0.25) is 0 Å². The molecule has 0 heterocycles. The molecule has 0 aliphatic carbocycles. The SMILES string of the molecule is COc1c(C)cc(NCCCO)cc1NCCCO. The number of rotatable bonds is 9. The lowest BCUT2D eigenvalue weighted by molar-refractivity contribution is 0.292. The molecular formula is C14H24N2O3. The molecule has 1 aromatic rings. The molecule has 4 N–H and O–H groups in total. The molecule has 0 saturated heterocycles. The minimum absolute atomic E-state index is 0.169. The van der Waals surface area contributed by atoms with Crippen LogP contribution in [0.5, 0.6) is 5.75 Å². The molecule has 5 nitrogen and oxygen atoms in total. The van der Waals surface area contributed by atoms with Crippen LogP contribution in [0.3, 0.4) is 0 Å². The molecule has 5 heteroatoms. The maximum atomic E-state index is 8.82. The predicted molar refractivity (Wildman–Crippen MR) is 78.1 cm³/mol. The number of aryl methyl sites for hydroxylation is 1. The lowest BCUT2D eigenvalue weighted by Gasteiger charge is -2.16. The van der Waals surface area contributed by atoms with Gasteiger partial charge in [-0.25, -0.2) is 0 Å². The van der Waals surface area contributed by atoms with Gasteiger partial charge in [0.1, 0.15) is 5.75 Å². The fraction of sp³-hybridized carbons (Fsp3) is 0.571. The van der Waals surface area contributed by atoms with Crippen LogP contribution < -0.4 is 15.4 Å². The van der Waals surface area contributed by atoms with Crippen molar-refractivity contribution in [3.63, 3.8) is 0 Å². The summed E-state index contributed by atoms with van der Waals surface area (Å²) in [5.74, 6) is 0.825. The maximum Gasteiger partial charge on any atom is 0.145 e. The summed E-state index contributed by atoms with van der Waals surface area (Å²) in [5.41, 5.74) is 2.96. The summed E-state index contributed by atoms with van der Waals surface area (Å²) in [5, 5.41) is 24.1. The number of ether oxygens (including phenoxy) is 1. The highest BCUT2D eigenvalue weighted by Crippen LogP contribution is 2.32.